The largest absolute Gasteiger partial charge is 0.444 e. The summed E-state index contributed by atoms with van der Waals surface area (Å²) in [6.07, 6.45) is 3.63. The second kappa shape index (κ2) is 9.82. The van der Waals surface area contributed by atoms with Crippen LogP contribution in [0.3, 0.4) is 0 Å². The Morgan fingerprint density at radius 2 is 1.73 bits per heavy atom. The van der Waals surface area contributed by atoms with Crippen LogP contribution in [0, 0.1) is 5.92 Å². The number of likely N-dealkylation sites (tertiary alicyclic amines) is 2. The quantitative estimate of drug-likeness (QED) is 0.735. The zero-order valence-electron chi connectivity index (χ0n) is 19.0. The molecule has 0 bridgehead atoms. The fourth-order valence-corrected chi connectivity index (χ4v) is 4.46. The topological polar surface area (TPSA) is 53.1 Å². The minimum atomic E-state index is -0.478. The maximum atomic E-state index is 13.2. The second-order valence-electron chi connectivity index (χ2n) is 9.74. The van der Waals surface area contributed by atoms with Crippen molar-refractivity contribution in [3.63, 3.8) is 0 Å². The summed E-state index contributed by atoms with van der Waals surface area (Å²) in [5.41, 5.74) is 0.787. The highest BCUT2D eigenvalue weighted by Gasteiger charge is 2.35. The van der Waals surface area contributed by atoms with Crippen molar-refractivity contribution < 1.29 is 14.3 Å². The van der Waals surface area contributed by atoms with Gasteiger partial charge in [0.1, 0.15) is 5.60 Å². The summed E-state index contributed by atoms with van der Waals surface area (Å²) in [6.45, 7) is 9.72. The van der Waals surface area contributed by atoms with Crippen molar-refractivity contribution in [2.45, 2.75) is 64.6 Å². The molecule has 2 fully saturated rings. The van der Waals surface area contributed by atoms with Gasteiger partial charge in [-0.05, 0) is 64.5 Å². The van der Waals surface area contributed by atoms with E-state index in [1.807, 2.05) is 31.7 Å². The van der Waals surface area contributed by atoms with Crippen molar-refractivity contribution >= 4 is 12.0 Å². The lowest BCUT2D eigenvalue weighted by Gasteiger charge is -2.36. The fourth-order valence-electron chi connectivity index (χ4n) is 4.46. The van der Waals surface area contributed by atoms with E-state index in [0.29, 0.717) is 12.5 Å². The molecule has 0 spiro atoms. The lowest BCUT2D eigenvalue weighted by Crippen LogP contribution is -2.49. The highest BCUT2D eigenvalue weighted by Crippen LogP contribution is 2.25. The predicted molar refractivity (Wildman–Crippen MR) is 118 cm³/mol. The molecule has 2 heterocycles. The van der Waals surface area contributed by atoms with Gasteiger partial charge in [0.2, 0.25) is 5.91 Å². The molecule has 6 nitrogen and oxygen atoms in total. The van der Waals surface area contributed by atoms with Crippen LogP contribution in [0.2, 0.25) is 0 Å². The second-order valence-corrected chi connectivity index (χ2v) is 9.74. The van der Waals surface area contributed by atoms with Crippen LogP contribution in [0.15, 0.2) is 30.3 Å². The van der Waals surface area contributed by atoms with Crippen molar-refractivity contribution in [2.75, 3.05) is 33.2 Å². The summed E-state index contributed by atoms with van der Waals surface area (Å²) in [6, 6.07) is 10.4. The Kier molecular flexibility index (Phi) is 7.40. The summed E-state index contributed by atoms with van der Waals surface area (Å²) in [5.74, 6) is 0.693. The van der Waals surface area contributed by atoms with E-state index in [1.165, 1.54) is 5.56 Å². The van der Waals surface area contributed by atoms with Gasteiger partial charge in [0.05, 0.1) is 6.04 Å². The monoisotopic (exact) mass is 415 g/mol. The SMILES string of the molecule is CN(CC1CCN(C(=O)C2CCCN2Cc2ccccc2)CC1)C(=O)OC(C)(C)C. The molecule has 0 aromatic heterocycles. The van der Waals surface area contributed by atoms with Crippen LogP contribution in [0.1, 0.15) is 52.0 Å². The average molecular weight is 416 g/mol. The van der Waals surface area contributed by atoms with Gasteiger partial charge in [0, 0.05) is 33.2 Å². The van der Waals surface area contributed by atoms with Gasteiger partial charge in [-0.1, -0.05) is 30.3 Å². The molecule has 1 atom stereocenters. The Labute approximate surface area is 181 Å². The number of hydrogen-bond acceptors (Lipinski definition) is 4. The van der Waals surface area contributed by atoms with Gasteiger partial charge in [0.25, 0.3) is 0 Å². The molecule has 2 aliphatic rings. The Balaban J connectivity index is 1.47. The number of amides is 2. The average Bonchev–Trinajstić information content (AvgIpc) is 3.15. The predicted octanol–water partition coefficient (Wildman–Crippen LogP) is 3.76. The molecule has 166 valence electrons. The van der Waals surface area contributed by atoms with Gasteiger partial charge in [-0.15, -0.1) is 0 Å². The summed E-state index contributed by atoms with van der Waals surface area (Å²) in [4.78, 5) is 31.4. The molecule has 3 rings (SSSR count). The zero-order chi connectivity index (χ0) is 21.7. The van der Waals surface area contributed by atoms with E-state index in [9.17, 15) is 9.59 Å². The summed E-state index contributed by atoms with van der Waals surface area (Å²) >= 11 is 0. The minimum absolute atomic E-state index is 0.00573. The number of carbonyl (C=O) groups excluding carboxylic acids is 2. The molecule has 2 saturated heterocycles. The summed E-state index contributed by atoms with van der Waals surface area (Å²) < 4.78 is 5.45. The Morgan fingerprint density at radius 1 is 1.07 bits per heavy atom. The van der Waals surface area contributed by atoms with Crippen molar-refractivity contribution in [1.29, 1.82) is 0 Å². The molecule has 2 aliphatic heterocycles. The number of piperidine rings is 1. The van der Waals surface area contributed by atoms with Crippen molar-refractivity contribution in [2.24, 2.45) is 5.92 Å². The Morgan fingerprint density at radius 3 is 2.37 bits per heavy atom. The third-order valence-electron chi connectivity index (χ3n) is 6.04. The lowest BCUT2D eigenvalue weighted by atomic mass is 9.95. The van der Waals surface area contributed by atoms with E-state index in [4.69, 9.17) is 4.74 Å². The normalized spacial score (nSPS) is 20.9. The number of hydrogen-bond donors (Lipinski definition) is 0. The van der Waals surface area contributed by atoms with Gasteiger partial charge in [-0.25, -0.2) is 4.79 Å². The van der Waals surface area contributed by atoms with Gasteiger partial charge in [-0.3, -0.25) is 9.69 Å². The van der Waals surface area contributed by atoms with E-state index >= 15 is 0 Å². The van der Waals surface area contributed by atoms with Crippen LogP contribution in [-0.4, -0.2) is 71.6 Å². The van der Waals surface area contributed by atoms with E-state index in [-0.39, 0.29) is 18.0 Å². The molecule has 0 aliphatic carbocycles. The number of ether oxygens (including phenoxy) is 1. The smallest absolute Gasteiger partial charge is 0.410 e. The molecule has 1 aromatic rings. The summed E-state index contributed by atoms with van der Waals surface area (Å²) in [5, 5.41) is 0. The third-order valence-corrected chi connectivity index (χ3v) is 6.04. The van der Waals surface area contributed by atoms with E-state index in [0.717, 1.165) is 51.9 Å². The molecule has 1 unspecified atom stereocenters. The molecular weight excluding hydrogens is 378 g/mol. The number of rotatable bonds is 5. The first-order chi connectivity index (χ1) is 14.2. The van der Waals surface area contributed by atoms with Crippen molar-refractivity contribution in [3.05, 3.63) is 35.9 Å². The van der Waals surface area contributed by atoms with Crippen LogP contribution >= 0.6 is 0 Å². The molecule has 0 radical (unpaired) electrons. The van der Waals surface area contributed by atoms with Gasteiger partial charge in [0.15, 0.2) is 0 Å². The number of carbonyl (C=O) groups is 2. The molecule has 0 N–H and O–H groups in total. The first kappa shape index (κ1) is 22.6. The molecule has 30 heavy (non-hydrogen) atoms. The molecule has 2 amide bonds. The Hall–Kier alpha value is -2.08. The van der Waals surface area contributed by atoms with Crippen molar-refractivity contribution in [3.8, 4) is 0 Å². The number of benzene rings is 1. The standard InChI is InChI=1S/C24H37N3O3/c1-24(2,3)30-23(29)25(4)17-20-12-15-26(16-13-20)22(28)21-11-8-14-27(21)18-19-9-6-5-7-10-19/h5-7,9-10,20-21H,8,11-18H2,1-4H3. The minimum Gasteiger partial charge on any atom is -0.444 e. The highest BCUT2D eigenvalue weighted by molar-refractivity contribution is 5.82. The number of nitrogens with zero attached hydrogens (tertiary/aromatic N) is 3. The molecule has 1 aromatic carbocycles. The van der Waals surface area contributed by atoms with Crippen molar-refractivity contribution in [1.82, 2.24) is 14.7 Å². The van der Waals surface area contributed by atoms with E-state index in [1.54, 1.807) is 11.9 Å². The zero-order valence-corrected chi connectivity index (χ0v) is 19.0. The summed E-state index contributed by atoms with van der Waals surface area (Å²) in [7, 11) is 1.80. The maximum absolute atomic E-state index is 13.2. The van der Waals surface area contributed by atoms with Gasteiger partial charge >= 0.3 is 6.09 Å². The lowest BCUT2D eigenvalue weighted by molar-refractivity contribution is -0.137. The van der Waals surface area contributed by atoms with Crippen LogP contribution in [0.5, 0.6) is 0 Å². The Bertz CT molecular complexity index is 708. The fraction of sp³-hybridized carbons (Fsp3) is 0.667. The van der Waals surface area contributed by atoms with E-state index < -0.39 is 5.60 Å². The molecular formula is C24H37N3O3. The van der Waals surface area contributed by atoms with Crippen LogP contribution < -0.4 is 0 Å². The first-order valence-electron chi connectivity index (χ1n) is 11.2. The van der Waals surface area contributed by atoms with E-state index in [2.05, 4.69) is 29.2 Å². The first-order valence-corrected chi connectivity index (χ1v) is 11.2. The molecule has 0 saturated carbocycles. The highest BCUT2D eigenvalue weighted by atomic mass is 16.6. The van der Waals surface area contributed by atoms with Crippen LogP contribution in [0.4, 0.5) is 4.79 Å². The van der Waals surface area contributed by atoms with Crippen LogP contribution in [-0.2, 0) is 16.1 Å². The third kappa shape index (κ3) is 6.21. The maximum Gasteiger partial charge on any atom is 0.410 e. The molecule has 6 heteroatoms. The van der Waals surface area contributed by atoms with Gasteiger partial charge < -0.3 is 14.5 Å². The van der Waals surface area contributed by atoms with Gasteiger partial charge in [-0.2, -0.15) is 0 Å². The van der Waals surface area contributed by atoms with Crippen LogP contribution in [0.25, 0.3) is 0 Å².